The maximum atomic E-state index is 12.2. The molecular formula is C13H21NO4. The molecule has 0 aliphatic heterocycles. The van der Waals surface area contributed by atoms with E-state index in [9.17, 15) is 9.59 Å². The van der Waals surface area contributed by atoms with Gasteiger partial charge in [-0.2, -0.15) is 0 Å². The van der Waals surface area contributed by atoms with Gasteiger partial charge < -0.3 is 15.2 Å². The van der Waals surface area contributed by atoms with E-state index >= 15 is 0 Å². The summed E-state index contributed by atoms with van der Waals surface area (Å²) in [6.45, 7) is 2.63. The molecular weight excluding hydrogens is 234 g/mol. The summed E-state index contributed by atoms with van der Waals surface area (Å²) in [7, 11) is 0. The van der Waals surface area contributed by atoms with Crippen molar-refractivity contribution in [3.05, 3.63) is 0 Å². The van der Waals surface area contributed by atoms with Crippen molar-refractivity contribution in [2.75, 3.05) is 13.2 Å². The van der Waals surface area contributed by atoms with Crippen LogP contribution in [0.2, 0.25) is 0 Å². The van der Waals surface area contributed by atoms with E-state index < -0.39 is 17.0 Å². The monoisotopic (exact) mass is 255 g/mol. The average Bonchev–Trinajstić information content (AvgIpc) is 3.00. The van der Waals surface area contributed by atoms with Gasteiger partial charge in [-0.05, 0) is 45.4 Å². The van der Waals surface area contributed by atoms with Crippen molar-refractivity contribution in [3.63, 3.8) is 0 Å². The van der Waals surface area contributed by atoms with Crippen LogP contribution in [0.3, 0.4) is 0 Å². The number of carbonyl (C=O) groups is 2. The van der Waals surface area contributed by atoms with E-state index in [1.807, 2.05) is 6.92 Å². The van der Waals surface area contributed by atoms with Gasteiger partial charge in [0.15, 0.2) is 0 Å². The molecule has 0 saturated heterocycles. The SMILES string of the molecule is CCOC1(C(=O)NCC2(C(=O)O)CC2)CCCC1. The zero-order valence-electron chi connectivity index (χ0n) is 10.8. The van der Waals surface area contributed by atoms with Crippen LogP contribution in [0, 0.1) is 5.41 Å². The van der Waals surface area contributed by atoms with Gasteiger partial charge >= 0.3 is 5.97 Å². The first-order valence-electron chi connectivity index (χ1n) is 6.70. The third-order valence-corrected chi connectivity index (χ3v) is 4.14. The maximum absolute atomic E-state index is 12.2. The molecule has 2 saturated carbocycles. The molecule has 0 aromatic rings. The molecule has 18 heavy (non-hydrogen) atoms. The number of amides is 1. The lowest BCUT2D eigenvalue weighted by Crippen LogP contribution is -2.49. The number of ether oxygens (including phenoxy) is 1. The molecule has 5 nitrogen and oxygen atoms in total. The van der Waals surface area contributed by atoms with Crippen LogP contribution in [0.25, 0.3) is 0 Å². The molecule has 2 aliphatic carbocycles. The van der Waals surface area contributed by atoms with Crippen molar-refractivity contribution in [1.29, 1.82) is 0 Å². The lowest BCUT2D eigenvalue weighted by molar-refractivity contribution is -0.148. The highest BCUT2D eigenvalue weighted by molar-refractivity contribution is 5.86. The number of carboxylic acids is 1. The van der Waals surface area contributed by atoms with Crippen LogP contribution < -0.4 is 5.32 Å². The third kappa shape index (κ3) is 2.36. The van der Waals surface area contributed by atoms with Crippen LogP contribution in [-0.4, -0.2) is 35.7 Å². The van der Waals surface area contributed by atoms with Gasteiger partial charge in [0.2, 0.25) is 0 Å². The Kier molecular flexibility index (Phi) is 3.61. The molecule has 0 aromatic carbocycles. The highest BCUT2D eigenvalue weighted by Gasteiger charge is 2.51. The topological polar surface area (TPSA) is 75.6 Å². The van der Waals surface area contributed by atoms with Gasteiger partial charge in [0, 0.05) is 13.2 Å². The number of hydrogen-bond acceptors (Lipinski definition) is 3. The van der Waals surface area contributed by atoms with Gasteiger partial charge in [0.25, 0.3) is 5.91 Å². The normalized spacial score (nSPS) is 23.6. The maximum Gasteiger partial charge on any atom is 0.311 e. The van der Waals surface area contributed by atoms with Crippen LogP contribution in [0.15, 0.2) is 0 Å². The first-order chi connectivity index (χ1) is 8.55. The molecule has 0 bridgehead atoms. The number of carbonyl (C=O) groups excluding carboxylic acids is 1. The molecule has 0 heterocycles. The van der Waals surface area contributed by atoms with Gasteiger partial charge in [0.05, 0.1) is 5.41 Å². The van der Waals surface area contributed by atoms with Crippen molar-refractivity contribution in [1.82, 2.24) is 5.32 Å². The minimum atomic E-state index is -0.806. The second-order valence-corrected chi connectivity index (χ2v) is 5.40. The number of carboxylic acid groups (broad SMARTS) is 1. The number of hydrogen-bond donors (Lipinski definition) is 2. The summed E-state index contributed by atoms with van der Waals surface area (Å²) in [5, 5.41) is 11.9. The number of aliphatic carboxylic acids is 1. The molecule has 0 radical (unpaired) electrons. The van der Waals surface area contributed by atoms with E-state index in [1.165, 1.54) is 0 Å². The molecule has 2 aliphatic rings. The largest absolute Gasteiger partial charge is 0.481 e. The Morgan fingerprint density at radius 2 is 1.83 bits per heavy atom. The highest BCUT2D eigenvalue weighted by Crippen LogP contribution is 2.45. The summed E-state index contributed by atoms with van der Waals surface area (Å²) in [6.07, 6.45) is 4.79. The molecule has 2 rings (SSSR count). The Labute approximate surface area is 107 Å². The molecule has 2 fully saturated rings. The molecule has 0 unspecified atom stereocenters. The Bertz CT molecular complexity index is 343. The summed E-state index contributed by atoms with van der Waals surface area (Å²) in [4.78, 5) is 23.3. The van der Waals surface area contributed by atoms with Gasteiger partial charge in [-0.3, -0.25) is 9.59 Å². The Morgan fingerprint density at radius 3 is 2.28 bits per heavy atom. The first kappa shape index (κ1) is 13.3. The predicted molar refractivity (Wildman–Crippen MR) is 65.1 cm³/mol. The molecule has 0 atom stereocenters. The summed E-state index contributed by atoms with van der Waals surface area (Å²) in [6, 6.07) is 0. The van der Waals surface area contributed by atoms with E-state index in [0.717, 1.165) is 25.7 Å². The van der Waals surface area contributed by atoms with E-state index in [0.29, 0.717) is 19.4 Å². The van der Waals surface area contributed by atoms with E-state index in [-0.39, 0.29) is 12.5 Å². The standard InChI is InChI=1S/C13H21NO4/c1-2-18-13(5-3-4-6-13)10(15)14-9-12(7-8-12)11(16)17/h2-9H2,1H3,(H,14,15)(H,16,17). The zero-order chi connectivity index (χ0) is 13.2. The zero-order valence-corrected chi connectivity index (χ0v) is 10.8. The van der Waals surface area contributed by atoms with E-state index in [2.05, 4.69) is 5.32 Å². The van der Waals surface area contributed by atoms with Crippen molar-refractivity contribution in [3.8, 4) is 0 Å². The fourth-order valence-electron chi connectivity index (χ4n) is 2.69. The minimum absolute atomic E-state index is 0.130. The van der Waals surface area contributed by atoms with E-state index in [1.54, 1.807) is 0 Å². The minimum Gasteiger partial charge on any atom is -0.481 e. The summed E-state index contributed by atoms with van der Waals surface area (Å²) < 4.78 is 5.64. The fourth-order valence-corrected chi connectivity index (χ4v) is 2.69. The van der Waals surface area contributed by atoms with Crippen LogP contribution in [0.1, 0.15) is 45.4 Å². The second kappa shape index (κ2) is 4.88. The van der Waals surface area contributed by atoms with E-state index in [4.69, 9.17) is 9.84 Å². The Balaban J connectivity index is 1.92. The van der Waals surface area contributed by atoms with Crippen LogP contribution in [0.4, 0.5) is 0 Å². The van der Waals surface area contributed by atoms with Gasteiger partial charge in [-0.25, -0.2) is 0 Å². The molecule has 102 valence electrons. The lowest BCUT2D eigenvalue weighted by Gasteiger charge is -2.28. The summed E-state index contributed by atoms with van der Waals surface area (Å²) in [5.74, 6) is -0.936. The van der Waals surface area contributed by atoms with Crippen molar-refractivity contribution in [2.45, 2.75) is 51.0 Å². The Morgan fingerprint density at radius 1 is 1.22 bits per heavy atom. The first-order valence-corrected chi connectivity index (χ1v) is 6.70. The Hall–Kier alpha value is -1.10. The van der Waals surface area contributed by atoms with Crippen LogP contribution in [-0.2, 0) is 14.3 Å². The quantitative estimate of drug-likeness (QED) is 0.750. The van der Waals surface area contributed by atoms with Crippen LogP contribution >= 0.6 is 0 Å². The smallest absolute Gasteiger partial charge is 0.311 e. The lowest BCUT2D eigenvalue weighted by atomic mass is 10.00. The van der Waals surface area contributed by atoms with Crippen molar-refractivity contribution >= 4 is 11.9 Å². The van der Waals surface area contributed by atoms with Crippen molar-refractivity contribution < 1.29 is 19.4 Å². The summed E-state index contributed by atoms with van der Waals surface area (Å²) in [5.41, 5.74) is -1.41. The van der Waals surface area contributed by atoms with Gasteiger partial charge in [0.1, 0.15) is 5.60 Å². The van der Waals surface area contributed by atoms with Crippen molar-refractivity contribution in [2.24, 2.45) is 5.41 Å². The van der Waals surface area contributed by atoms with Gasteiger partial charge in [-0.15, -0.1) is 0 Å². The van der Waals surface area contributed by atoms with Gasteiger partial charge in [-0.1, -0.05) is 0 Å². The highest BCUT2D eigenvalue weighted by atomic mass is 16.5. The number of rotatable bonds is 6. The molecule has 5 heteroatoms. The second-order valence-electron chi connectivity index (χ2n) is 5.40. The predicted octanol–water partition coefficient (Wildman–Crippen LogP) is 1.32. The van der Waals surface area contributed by atoms with Crippen LogP contribution in [0.5, 0.6) is 0 Å². The molecule has 2 N–H and O–H groups in total. The fraction of sp³-hybridized carbons (Fsp3) is 0.846. The summed E-state index contributed by atoms with van der Waals surface area (Å²) >= 11 is 0. The molecule has 0 spiro atoms. The molecule has 0 aromatic heterocycles. The average molecular weight is 255 g/mol. The number of nitrogens with one attached hydrogen (secondary N) is 1. The molecule has 1 amide bonds. The third-order valence-electron chi connectivity index (χ3n) is 4.14.